The number of nitro groups is 1. The molecule has 1 aromatic heterocycles. The van der Waals surface area contributed by atoms with E-state index in [4.69, 9.17) is 4.52 Å². The summed E-state index contributed by atoms with van der Waals surface area (Å²) >= 11 is 0. The highest BCUT2D eigenvalue weighted by molar-refractivity contribution is 5.65. The Morgan fingerprint density at radius 1 is 1.44 bits per heavy atom. The Morgan fingerprint density at radius 3 is 2.83 bits per heavy atom. The van der Waals surface area contributed by atoms with Crippen molar-refractivity contribution in [3.8, 4) is 0 Å². The minimum atomic E-state index is -0.422. The van der Waals surface area contributed by atoms with Crippen molar-refractivity contribution in [2.24, 2.45) is 0 Å². The number of benzene rings is 1. The smallest absolute Gasteiger partial charge is 0.292 e. The maximum absolute atomic E-state index is 10.9. The van der Waals surface area contributed by atoms with Crippen molar-refractivity contribution in [1.82, 2.24) is 10.1 Å². The van der Waals surface area contributed by atoms with Crippen molar-refractivity contribution in [2.75, 3.05) is 5.32 Å². The van der Waals surface area contributed by atoms with Gasteiger partial charge in [-0.1, -0.05) is 17.3 Å². The minimum absolute atomic E-state index is 0.0336. The molecule has 2 aromatic rings. The molecule has 1 aromatic carbocycles. The van der Waals surface area contributed by atoms with E-state index in [-0.39, 0.29) is 12.2 Å². The lowest BCUT2D eigenvalue weighted by atomic mass is 10.1. The monoisotopic (exact) mass is 248 g/mol. The summed E-state index contributed by atoms with van der Waals surface area (Å²) in [6, 6.07) is 4.90. The first-order chi connectivity index (χ1) is 8.58. The van der Waals surface area contributed by atoms with Crippen LogP contribution < -0.4 is 5.32 Å². The summed E-state index contributed by atoms with van der Waals surface area (Å²) in [7, 11) is 0. The average molecular weight is 248 g/mol. The number of nitro benzene ring substituents is 1. The molecule has 0 aliphatic rings. The zero-order chi connectivity index (χ0) is 13.1. The van der Waals surface area contributed by atoms with Crippen LogP contribution in [0.15, 0.2) is 22.7 Å². The molecular weight excluding hydrogens is 236 g/mol. The highest BCUT2D eigenvalue weighted by atomic mass is 16.6. The Morgan fingerprint density at radius 2 is 2.22 bits per heavy atom. The molecule has 0 saturated carbocycles. The summed E-state index contributed by atoms with van der Waals surface area (Å²) in [4.78, 5) is 14.5. The molecule has 0 bridgehead atoms. The van der Waals surface area contributed by atoms with Gasteiger partial charge >= 0.3 is 0 Å². The molecule has 7 heteroatoms. The van der Waals surface area contributed by atoms with Crippen LogP contribution in [-0.4, -0.2) is 15.1 Å². The molecule has 18 heavy (non-hydrogen) atoms. The first kappa shape index (κ1) is 12.0. The fourth-order valence-electron chi connectivity index (χ4n) is 1.61. The van der Waals surface area contributed by atoms with Crippen LogP contribution in [0.1, 0.15) is 17.3 Å². The van der Waals surface area contributed by atoms with E-state index < -0.39 is 4.92 Å². The van der Waals surface area contributed by atoms with E-state index in [9.17, 15) is 10.1 Å². The maximum atomic E-state index is 10.9. The SMILES string of the molecule is Cc1noc(CNc2c(C)cccc2[N+](=O)[O-])n1. The number of para-hydroxylation sites is 1. The number of hydrogen-bond donors (Lipinski definition) is 1. The second kappa shape index (κ2) is 4.82. The lowest BCUT2D eigenvalue weighted by Crippen LogP contribution is -2.04. The minimum Gasteiger partial charge on any atom is -0.370 e. The van der Waals surface area contributed by atoms with Gasteiger partial charge in [-0.2, -0.15) is 4.98 Å². The Hall–Kier alpha value is -2.44. The molecule has 1 heterocycles. The standard InChI is InChI=1S/C11H12N4O3/c1-7-4-3-5-9(15(16)17)11(7)12-6-10-13-8(2)14-18-10/h3-5,12H,6H2,1-2H3. The molecular formula is C11H12N4O3. The summed E-state index contributed by atoms with van der Waals surface area (Å²) in [6.07, 6.45) is 0. The van der Waals surface area contributed by atoms with Gasteiger partial charge in [0.25, 0.3) is 5.69 Å². The third kappa shape index (κ3) is 2.45. The quantitative estimate of drug-likeness (QED) is 0.658. The molecule has 0 atom stereocenters. The molecule has 0 unspecified atom stereocenters. The first-order valence-corrected chi connectivity index (χ1v) is 5.35. The zero-order valence-electron chi connectivity index (χ0n) is 10.0. The van der Waals surface area contributed by atoms with Gasteiger partial charge in [0, 0.05) is 6.07 Å². The fourth-order valence-corrected chi connectivity index (χ4v) is 1.61. The van der Waals surface area contributed by atoms with Gasteiger partial charge in [-0.15, -0.1) is 0 Å². The van der Waals surface area contributed by atoms with Crippen LogP contribution in [0.5, 0.6) is 0 Å². The zero-order valence-corrected chi connectivity index (χ0v) is 10.0. The molecule has 0 saturated heterocycles. The third-order valence-corrected chi connectivity index (χ3v) is 2.43. The molecule has 2 rings (SSSR count). The van der Waals surface area contributed by atoms with Crippen LogP contribution in [-0.2, 0) is 6.54 Å². The highest BCUT2D eigenvalue weighted by Gasteiger charge is 2.15. The molecule has 0 radical (unpaired) electrons. The van der Waals surface area contributed by atoms with Crippen LogP contribution in [0.2, 0.25) is 0 Å². The van der Waals surface area contributed by atoms with Crippen molar-refractivity contribution in [2.45, 2.75) is 20.4 Å². The second-order valence-electron chi connectivity index (χ2n) is 3.82. The van der Waals surface area contributed by atoms with Gasteiger partial charge in [0.2, 0.25) is 5.89 Å². The van der Waals surface area contributed by atoms with Gasteiger partial charge < -0.3 is 9.84 Å². The van der Waals surface area contributed by atoms with Crippen LogP contribution in [0.25, 0.3) is 0 Å². The van der Waals surface area contributed by atoms with Gasteiger partial charge in [0.15, 0.2) is 5.82 Å². The molecule has 94 valence electrons. The van der Waals surface area contributed by atoms with Crippen molar-refractivity contribution in [3.05, 3.63) is 45.6 Å². The average Bonchev–Trinajstić information content (AvgIpc) is 2.73. The van der Waals surface area contributed by atoms with Crippen LogP contribution in [0.3, 0.4) is 0 Å². The summed E-state index contributed by atoms with van der Waals surface area (Å²) in [5.41, 5.74) is 1.30. The summed E-state index contributed by atoms with van der Waals surface area (Å²) in [5, 5.41) is 17.5. The Balaban J connectivity index is 2.20. The predicted octanol–water partition coefficient (Wildman–Crippen LogP) is 2.21. The number of aryl methyl sites for hydroxylation is 2. The molecule has 7 nitrogen and oxygen atoms in total. The number of nitrogens with one attached hydrogen (secondary N) is 1. The van der Waals surface area contributed by atoms with Crippen molar-refractivity contribution in [1.29, 1.82) is 0 Å². The van der Waals surface area contributed by atoms with Crippen LogP contribution in [0.4, 0.5) is 11.4 Å². The van der Waals surface area contributed by atoms with Crippen LogP contribution in [0, 0.1) is 24.0 Å². The molecule has 0 aliphatic carbocycles. The van der Waals surface area contributed by atoms with Gasteiger partial charge in [0.1, 0.15) is 5.69 Å². The maximum Gasteiger partial charge on any atom is 0.292 e. The van der Waals surface area contributed by atoms with E-state index in [1.54, 1.807) is 26.0 Å². The largest absolute Gasteiger partial charge is 0.370 e. The van der Waals surface area contributed by atoms with Crippen molar-refractivity contribution >= 4 is 11.4 Å². The normalized spacial score (nSPS) is 10.3. The Kier molecular flexibility index (Phi) is 3.22. The summed E-state index contributed by atoms with van der Waals surface area (Å²) in [5.74, 6) is 0.927. The number of hydrogen-bond acceptors (Lipinski definition) is 6. The van der Waals surface area contributed by atoms with Gasteiger partial charge in [-0.25, -0.2) is 0 Å². The van der Waals surface area contributed by atoms with Gasteiger partial charge in [-0.3, -0.25) is 10.1 Å². The summed E-state index contributed by atoms with van der Waals surface area (Å²) in [6.45, 7) is 3.77. The first-order valence-electron chi connectivity index (χ1n) is 5.35. The van der Waals surface area contributed by atoms with E-state index in [1.807, 2.05) is 0 Å². The lowest BCUT2D eigenvalue weighted by Gasteiger charge is -2.07. The van der Waals surface area contributed by atoms with Gasteiger partial charge in [-0.05, 0) is 19.4 Å². The van der Waals surface area contributed by atoms with Crippen molar-refractivity contribution < 1.29 is 9.45 Å². The molecule has 0 aliphatic heterocycles. The van der Waals surface area contributed by atoms with Crippen molar-refractivity contribution in [3.63, 3.8) is 0 Å². The van der Waals surface area contributed by atoms with E-state index in [0.717, 1.165) is 5.56 Å². The van der Waals surface area contributed by atoms with E-state index in [0.29, 0.717) is 17.4 Å². The molecule has 0 amide bonds. The number of anilines is 1. The third-order valence-electron chi connectivity index (χ3n) is 2.43. The Bertz CT molecular complexity index is 579. The van der Waals surface area contributed by atoms with Crippen LogP contribution >= 0.6 is 0 Å². The van der Waals surface area contributed by atoms with E-state index >= 15 is 0 Å². The van der Waals surface area contributed by atoms with Gasteiger partial charge in [0.05, 0.1) is 11.5 Å². The topological polar surface area (TPSA) is 94.1 Å². The fraction of sp³-hybridized carbons (Fsp3) is 0.273. The number of nitrogens with zero attached hydrogens (tertiary/aromatic N) is 3. The van der Waals surface area contributed by atoms with E-state index in [2.05, 4.69) is 15.5 Å². The number of aromatic nitrogens is 2. The highest BCUT2D eigenvalue weighted by Crippen LogP contribution is 2.27. The number of rotatable bonds is 4. The second-order valence-corrected chi connectivity index (χ2v) is 3.82. The lowest BCUT2D eigenvalue weighted by molar-refractivity contribution is -0.384. The molecule has 0 spiro atoms. The molecule has 0 fully saturated rings. The Labute approximate surface area is 103 Å². The molecule has 1 N–H and O–H groups in total. The predicted molar refractivity (Wildman–Crippen MR) is 64.2 cm³/mol. The summed E-state index contributed by atoms with van der Waals surface area (Å²) < 4.78 is 4.93. The van der Waals surface area contributed by atoms with E-state index in [1.165, 1.54) is 6.07 Å².